The fourth-order valence-electron chi connectivity index (χ4n) is 4.82. The molecule has 3 atom stereocenters. The minimum absolute atomic E-state index is 0.0277. The third-order valence-corrected chi connectivity index (χ3v) is 9.35. The number of hydrogen-bond acceptors (Lipinski definition) is 7. The Hall–Kier alpha value is -3.02. The van der Waals surface area contributed by atoms with Gasteiger partial charge in [0.05, 0.1) is 46.0 Å². The minimum atomic E-state index is -4.03. The monoisotopic (exact) mass is 635 g/mol. The lowest BCUT2D eigenvalue weighted by Gasteiger charge is -2.38. The molecule has 0 aromatic heterocycles. The molecule has 4 rings (SSSR count). The first-order valence-electron chi connectivity index (χ1n) is 13.4. The van der Waals surface area contributed by atoms with E-state index in [4.69, 9.17) is 32.7 Å². The van der Waals surface area contributed by atoms with Gasteiger partial charge in [0, 0.05) is 25.6 Å². The second-order valence-corrected chi connectivity index (χ2v) is 13.0. The van der Waals surface area contributed by atoms with Gasteiger partial charge in [0.2, 0.25) is 0 Å². The molecule has 0 spiro atoms. The lowest BCUT2D eigenvalue weighted by Crippen LogP contribution is -2.49. The molecule has 0 saturated carbocycles. The van der Waals surface area contributed by atoms with Crippen molar-refractivity contribution in [1.29, 1.82) is 0 Å². The zero-order valence-corrected chi connectivity index (χ0v) is 26.2. The number of halogens is 2. The zero-order valence-electron chi connectivity index (χ0n) is 23.9. The van der Waals surface area contributed by atoms with Crippen LogP contribution >= 0.6 is 23.2 Å². The molecular weight excluding hydrogens is 601 g/mol. The quantitative estimate of drug-likeness (QED) is 0.317. The predicted molar refractivity (Wildman–Crippen MR) is 164 cm³/mol. The van der Waals surface area contributed by atoms with Gasteiger partial charge in [-0.05, 0) is 68.1 Å². The molecular formula is C30H35Cl2N3O6S. The molecule has 1 amide bonds. The number of methoxy groups -OCH3 is 1. The number of aliphatic hydroxyl groups excluding tert-OH is 1. The molecule has 1 aliphatic rings. The van der Waals surface area contributed by atoms with Crippen LogP contribution in [0.1, 0.15) is 29.8 Å². The van der Waals surface area contributed by atoms with Crippen molar-refractivity contribution in [2.24, 2.45) is 5.92 Å². The first-order chi connectivity index (χ1) is 19.9. The summed E-state index contributed by atoms with van der Waals surface area (Å²) in [5, 5.41) is 10.9. The summed E-state index contributed by atoms with van der Waals surface area (Å²) < 4.78 is 41.0. The fraction of sp³-hybridized carbons (Fsp3) is 0.367. The maximum atomic E-state index is 13.7. The highest BCUT2D eigenvalue weighted by atomic mass is 35.5. The number of hydrogen-bond donors (Lipinski definition) is 2. The number of rotatable bonds is 10. The predicted octanol–water partition coefficient (Wildman–Crippen LogP) is 5.15. The van der Waals surface area contributed by atoms with Gasteiger partial charge in [-0.1, -0.05) is 42.3 Å². The van der Waals surface area contributed by atoms with Crippen LogP contribution in [0.25, 0.3) is 0 Å². The summed E-state index contributed by atoms with van der Waals surface area (Å²) in [6.07, 6.45) is -0.440. The normalized spacial score (nSPS) is 18.1. The van der Waals surface area contributed by atoms with Gasteiger partial charge < -0.3 is 19.5 Å². The molecule has 226 valence electrons. The van der Waals surface area contributed by atoms with E-state index in [0.717, 1.165) is 5.56 Å². The van der Waals surface area contributed by atoms with Gasteiger partial charge in [-0.25, -0.2) is 8.42 Å². The molecule has 0 bridgehead atoms. The van der Waals surface area contributed by atoms with Crippen LogP contribution in [0.15, 0.2) is 65.6 Å². The Labute approximate surface area is 257 Å². The Balaban J connectivity index is 1.69. The molecule has 3 aromatic rings. The van der Waals surface area contributed by atoms with Crippen LogP contribution in [-0.4, -0.2) is 75.2 Å². The number of anilines is 1. The summed E-state index contributed by atoms with van der Waals surface area (Å²) in [5.41, 5.74) is 1.30. The first kappa shape index (κ1) is 31.9. The highest BCUT2D eigenvalue weighted by molar-refractivity contribution is 7.92. The SMILES string of the molecule is COc1ccc(S(=O)(=O)Nc2cccc3c2O[C@H](CN(C)Cc2ccc(Cl)c(Cl)c2)[C@@H](C)CN([C@H](C)CO)C3=O)cc1. The first-order valence-corrected chi connectivity index (χ1v) is 15.7. The van der Waals surface area contributed by atoms with E-state index in [-0.39, 0.29) is 40.3 Å². The Bertz CT molecular complexity index is 1520. The molecule has 12 heteroatoms. The van der Waals surface area contributed by atoms with Crippen LogP contribution in [0.2, 0.25) is 10.0 Å². The van der Waals surface area contributed by atoms with Crippen molar-refractivity contribution in [1.82, 2.24) is 9.80 Å². The summed E-state index contributed by atoms with van der Waals surface area (Å²) >= 11 is 12.3. The highest BCUT2D eigenvalue weighted by Crippen LogP contribution is 2.36. The summed E-state index contributed by atoms with van der Waals surface area (Å²) in [5.74, 6) is 0.131. The molecule has 0 saturated heterocycles. The number of nitrogens with zero attached hydrogens (tertiary/aromatic N) is 2. The number of amides is 1. The molecule has 2 N–H and O–H groups in total. The van der Waals surface area contributed by atoms with Crippen molar-refractivity contribution in [2.45, 2.75) is 37.4 Å². The zero-order chi connectivity index (χ0) is 30.6. The molecule has 0 radical (unpaired) electrons. The molecule has 1 aliphatic heterocycles. The number of likely N-dealkylation sites (N-methyl/N-ethyl adjacent to an activating group) is 1. The maximum Gasteiger partial charge on any atom is 0.262 e. The number of carbonyl (C=O) groups excluding carboxylic acids is 1. The van der Waals surface area contributed by atoms with Crippen molar-refractivity contribution in [2.75, 3.05) is 38.6 Å². The summed E-state index contributed by atoms with van der Waals surface area (Å²) in [6, 6.07) is 15.8. The van der Waals surface area contributed by atoms with E-state index in [1.807, 2.05) is 26.1 Å². The second-order valence-electron chi connectivity index (χ2n) is 10.5. The van der Waals surface area contributed by atoms with Crippen LogP contribution in [-0.2, 0) is 16.6 Å². The number of fused-ring (bicyclic) bond motifs is 1. The Morgan fingerprint density at radius 1 is 1.14 bits per heavy atom. The standard InChI is InChI=1S/C30H35Cl2N3O6S/c1-19-15-35(20(2)18-36)30(37)24-6-5-7-27(33-42(38,39)23-11-9-22(40-4)10-12-23)29(24)41-28(19)17-34(3)16-21-8-13-25(31)26(32)14-21/h5-14,19-20,28,33,36H,15-18H2,1-4H3/t19-,20+,28+/m0/s1. The number of aliphatic hydroxyl groups is 1. The number of nitrogens with one attached hydrogen (secondary N) is 1. The molecule has 9 nitrogen and oxygen atoms in total. The summed E-state index contributed by atoms with van der Waals surface area (Å²) in [4.78, 5) is 17.4. The third kappa shape index (κ3) is 7.30. The number of sulfonamides is 1. The Kier molecular flexibility index (Phi) is 10.3. The molecule has 42 heavy (non-hydrogen) atoms. The van der Waals surface area contributed by atoms with Gasteiger partial charge in [-0.2, -0.15) is 0 Å². The summed E-state index contributed by atoms with van der Waals surface area (Å²) in [6.45, 7) is 4.87. The maximum absolute atomic E-state index is 13.7. The van der Waals surface area contributed by atoms with Crippen LogP contribution in [0.3, 0.4) is 0 Å². The van der Waals surface area contributed by atoms with E-state index in [0.29, 0.717) is 35.4 Å². The number of ether oxygens (including phenoxy) is 2. The second kappa shape index (κ2) is 13.5. The van der Waals surface area contributed by atoms with E-state index >= 15 is 0 Å². The van der Waals surface area contributed by atoms with Crippen molar-refractivity contribution < 1.29 is 27.8 Å². The smallest absolute Gasteiger partial charge is 0.262 e. The fourth-order valence-corrected chi connectivity index (χ4v) is 6.20. The van der Waals surface area contributed by atoms with Gasteiger partial charge in [-0.3, -0.25) is 14.4 Å². The molecule has 3 aromatic carbocycles. The average Bonchev–Trinajstić information content (AvgIpc) is 2.96. The van der Waals surface area contributed by atoms with Crippen molar-refractivity contribution in [3.63, 3.8) is 0 Å². The van der Waals surface area contributed by atoms with Crippen LogP contribution < -0.4 is 14.2 Å². The van der Waals surface area contributed by atoms with Gasteiger partial charge in [0.1, 0.15) is 11.9 Å². The molecule has 0 unspecified atom stereocenters. The Morgan fingerprint density at radius 2 is 1.86 bits per heavy atom. The average molecular weight is 637 g/mol. The van der Waals surface area contributed by atoms with E-state index in [2.05, 4.69) is 9.62 Å². The van der Waals surface area contributed by atoms with Gasteiger partial charge in [-0.15, -0.1) is 0 Å². The van der Waals surface area contributed by atoms with Gasteiger partial charge >= 0.3 is 0 Å². The van der Waals surface area contributed by atoms with Crippen molar-refractivity contribution in [3.8, 4) is 11.5 Å². The van der Waals surface area contributed by atoms with E-state index in [9.17, 15) is 18.3 Å². The topological polar surface area (TPSA) is 108 Å². The minimum Gasteiger partial charge on any atom is -0.497 e. The number of para-hydroxylation sites is 1. The van der Waals surface area contributed by atoms with E-state index < -0.39 is 22.2 Å². The van der Waals surface area contributed by atoms with Crippen LogP contribution in [0, 0.1) is 5.92 Å². The number of benzene rings is 3. The van der Waals surface area contributed by atoms with Crippen LogP contribution in [0.4, 0.5) is 5.69 Å². The van der Waals surface area contributed by atoms with Crippen LogP contribution in [0.5, 0.6) is 11.5 Å². The molecule has 0 aliphatic carbocycles. The Morgan fingerprint density at radius 3 is 2.50 bits per heavy atom. The van der Waals surface area contributed by atoms with Crippen molar-refractivity contribution >= 4 is 44.8 Å². The highest BCUT2D eigenvalue weighted by Gasteiger charge is 2.35. The van der Waals surface area contributed by atoms with Gasteiger partial charge in [0.25, 0.3) is 15.9 Å². The molecule has 0 fully saturated rings. The van der Waals surface area contributed by atoms with E-state index in [1.54, 1.807) is 48.2 Å². The van der Waals surface area contributed by atoms with Gasteiger partial charge in [0.15, 0.2) is 5.75 Å². The van der Waals surface area contributed by atoms with E-state index in [1.165, 1.54) is 19.2 Å². The lowest BCUT2D eigenvalue weighted by molar-refractivity contribution is 0.0344. The lowest BCUT2D eigenvalue weighted by atomic mass is 9.99. The third-order valence-electron chi connectivity index (χ3n) is 7.23. The number of carbonyl (C=O) groups is 1. The van der Waals surface area contributed by atoms with Crippen molar-refractivity contribution in [3.05, 3.63) is 81.8 Å². The largest absolute Gasteiger partial charge is 0.497 e. The summed E-state index contributed by atoms with van der Waals surface area (Å²) in [7, 11) is -0.593. The molecule has 1 heterocycles.